The zero-order chi connectivity index (χ0) is 14.0. The number of rotatable bonds is 4. The number of nitrogens with one attached hydrogen (secondary N) is 1. The summed E-state index contributed by atoms with van der Waals surface area (Å²) in [4.78, 5) is 0. The number of benzene rings is 1. The van der Waals surface area contributed by atoms with Crippen molar-refractivity contribution < 1.29 is 0 Å². The molecule has 0 aliphatic carbocycles. The normalized spacial score (nSPS) is 12.7. The molecule has 0 amide bonds. The molecular weight excluding hydrogens is 258 g/mol. The van der Waals surface area contributed by atoms with Crippen LogP contribution in [0.25, 0.3) is 0 Å². The fraction of sp³-hybridized carbons (Fsp3) is 0.400. The Bertz CT molecular complexity index is 575. The van der Waals surface area contributed by atoms with Crippen molar-refractivity contribution in [2.24, 2.45) is 7.05 Å². The Morgan fingerprint density at radius 3 is 2.68 bits per heavy atom. The summed E-state index contributed by atoms with van der Waals surface area (Å²) in [6.45, 7) is 7.11. The van der Waals surface area contributed by atoms with Crippen molar-refractivity contribution in [3.63, 3.8) is 0 Å². The van der Waals surface area contributed by atoms with Crippen LogP contribution in [0.2, 0.25) is 5.02 Å². The van der Waals surface area contributed by atoms with E-state index in [0.29, 0.717) is 0 Å². The van der Waals surface area contributed by atoms with Gasteiger partial charge in [0.25, 0.3) is 0 Å². The molecule has 0 saturated carbocycles. The summed E-state index contributed by atoms with van der Waals surface area (Å²) < 4.78 is 1.93. The van der Waals surface area contributed by atoms with Crippen molar-refractivity contribution in [1.82, 2.24) is 15.1 Å². The highest BCUT2D eigenvalue weighted by atomic mass is 35.5. The minimum Gasteiger partial charge on any atom is -0.306 e. The lowest BCUT2D eigenvalue weighted by Gasteiger charge is -2.14. The van der Waals surface area contributed by atoms with E-state index in [2.05, 4.69) is 30.3 Å². The highest BCUT2D eigenvalue weighted by molar-refractivity contribution is 6.30. The third-order valence-corrected chi connectivity index (χ3v) is 3.83. The van der Waals surface area contributed by atoms with Crippen LogP contribution >= 0.6 is 11.6 Å². The smallest absolute Gasteiger partial charge is 0.0641 e. The molecule has 1 aromatic heterocycles. The predicted molar refractivity (Wildman–Crippen MR) is 79.4 cm³/mol. The lowest BCUT2D eigenvalue weighted by atomic mass is 10.1. The summed E-state index contributed by atoms with van der Waals surface area (Å²) in [5.41, 5.74) is 4.78. The molecule has 1 unspecified atom stereocenters. The van der Waals surface area contributed by atoms with Crippen LogP contribution in [0.5, 0.6) is 0 Å². The first-order valence-electron chi connectivity index (χ1n) is 6.47. The number of hydrogen-bond acceptors (Lipinski definition) is 2. The fourth-order valence-corrected chi connectivity index (χ4v) is 2.42. The van der Waals surface area contributed by atoms with Crippen molar-refractivity contribution in [1.29, 1.82) is 0 Å². The van der Waals surface area contributed by atoms with Gasteiger partial charge in [0.1, 0.15) is 0 Å². The SMILES string of the molecule is Cc1nn(C)c(C)c1CNC(C)c1cccc(Cl)c1. The van der Waals surface area contributed by atoms with Gasteiger partial charge in [-0.1, -0.05) is 23.7 Å². The van der Waals surface area contributed by atoms with E-state index in [1.54, 1.807) is 0 Å². The maximum atomic E-state index is 6.02. The van der Waals surface area contributed by atoms with Gasteiger partial charge in [-0.3, -0.25) is 4.68 Å². The molecule has 2 aromatic rings. The van der Waals surface area contributed by atoms with Crippen molar-refractivity contribution in [2.45, 2.75) is 33.4 Å². The molecule has 0 bridgehead atoms. The van der Waals surface area contributed by atoms with Crippen molar-refractivity contribution in [3.8, 4) is 0 Å². The number of nitrogens with zero attached hydrogens (tertiary/aromatic N) is 2. The topological polar surface area (TPSA) is 29.9 Å². The van der Waals surface area contributed by atoms with Crippen molar-refractivity contribution >= 4 is 11.6 Å². The van der Waals surface area contributed by atoms with Gasteiger partial charge in [0, 0.05) is 35.9 Å². The van der Waals surface area contributed by atoms with Gasteiger partial charge in [-0.2, -0.15) is 5.10 Å². The summed E-state index contributed by atoms with van der Waals surface area (Å²) in [6.07, 6.45) is 0. The fourth-order valence-electron chi connectivity index (χ4n) is 2.22. The largest absolute Gasteiger partial charge is 0.306 e. The molecule has 1 heterocycles. The van der Waals surface area contributed by atoms with Gasteiger partial charge in [-0.25, -0.2) is 0 Å². The van der Waals surface area contributed by atoms with E-state index in [0.717, 1.165) is 17.3 Å². The molecule has 102 valence electrons. The van der Waals surface area contributed by atoms with Crippen LogP contribution in [-0.2, 0) is 13.6 Å². The van der Waals surface area contributed by atoms with Crippen molar-refractivity contribution in [3.05, 3.63) is 51.8 Å². The molecule has 0 aliphatic rings. The molecule has 4 heteroatoms. The molecule has 0 radical (unpaired) electrons. The van der Waals surface area contributed by atoms with E-state index in [-0.39, 0.29) is 6.04 Å². The van der Waals surface area contributed by atoms with Crippen LogP contribution in [0.15, 0.2) is 24.3 Å². The number of aryl methyl sites for hydroxylation is 2. The molecule has 1 aromatic carbocycles. The molecule has 1 N–H and O–H groups in total. The third-order valence-electron chi connectivity index (χ3n) is 3.59. The summed E-state index contributed by atoms with van der Waals surface area (Å²) in [6, 6.07) is 8.23. The summed E-state index contributed by atoms with van der Waals surface area (Å²) in [5, 5.41) is 8.73. The first-order chi connectivity index (χ1) is 8.99. The van der Waals surface area contributed by atoms with E-state index >= 15 is 0 Å². The Balaban J connectivity index is 2.06. The lowest BCUT2D eigenvalue weighted by Crippen LogP contribution is -2.18. The monoisotopic (exact) mass is 277 g/mol. The third kappa shape index (κ3) is 3.17. The van der Waals surface area contributed by atoms with Crippen LogP contribution in [0, 0.1) is 13.8 Å². The Morgan fingerprint density at radius 2 is 2.11 bits per heavy atom. The minimum atomic E-state index is 0.262. The molecule has 1 atom stereocenters. The lowest BCUT2D eigenvalue weighted by molar-refractivity contribution is 0.571. The van der Waals surface area contributed by atoms with Crippen LogP contribution in [-0.4, -0.2) is 9.78 Å². The highest BCUT2D eigenvalue weighted by Gasteiger charge is 2.11. The van der Waals surface area contributed by atoms with Crippen LogP contribution in [0.1, 0.15) is 35.5 Å². The van der Waals surface area contributed by atoms with Crippen LogP contribution < -0.4 is 5.32 Å². The maximum absolute atomic E-state index is 6.02. The van der Waals surface area contributed by atoms with Crippen LogP contribution in [0.3, 0.4) is 0 Å². The first kappa shape index (κ1) is 14.1. The zero-order valence-electron chi connectivity index (χ0n) is 11.9. The molecular formula is C15H20ClN3. The zero-order valence-corrected chi connectivity index (χ0v) is 12.6. The molecule has 0 aliphatic heterocycles. The van der Waals surface area contributed by atoms with Gasteiger partial charge >= 0.3 is 0 Å². The quantitative estimate of drug-likeness (QED) is 0.926. The van der Waals surface area contributed by atoms with Gasteiger partial charge < -0.3 is 5.32 Å². The molecule has 0 fully saturated rings. The number of aromatic nitrogens is 2. The number of halogens is 1. The summed E-state index contributed by atoms with van der Waals surface area (Å²) in [7, 11) is 1.98. The van der Waals surface area contributed by atoms with E-state index < -0.39 is 0 Å². The number of hydrogen-bond donors (Lipinski definition) is 1. The second kappa shape index (κ2) is 5.76. The van der Waals surface area contributed by atoms with Gasteiger partial charge in [0.15, 0.2) is 0 Å². The van der Waals surface area contributed by atoms with Gasteiger partial charge in [0.2, 0.25) is 0 Å². The maximum Gasteiger partial charge on any atom is 0.0641 e. The van der Waals surface area contributed by atoms with E-state index in [9.17, 15) is 0 Å². The molecule has 0 spiro atoms. The predicted octanol–water partition coefficient (Wildman–Crippen LogP) is 3.54. The molecule has 2 rings (SSSR count). The Morgan fingerprint density at radius 1 is 1.37 bits per heavy atom. The van der Waals surface area contributed by atoms with Gasteiger partial charge in [-0.15, -0.1) is 0 Å². The standard InChI is InChI=1S/C15H20ClN3/c1-10(13-6-5-7-14(16)8-13)17-9-15-11(2)18-19(4)12(15)3/h5-8,10,17H,9H2,1-4H3. The summed E-state index contributed by atoms with van der Waals surface area (Å²) >= 11 is 6.02. The van der Waals surface area contributed by atoms with Crippen LogP contribution in [0.4, 0.5) is 0 Å². The average Bonchev–Trinajstić information content (AvgIpc) is 2.61. The minimum absolute atomic E-state index is 0.262. The first-order valence-corrected chi connectivity index (χ1v) is 6.84. The second-order valence-electron chi connectivity index (χ2n) is 4.93. The Labute approximate surface area is 119 Å². The second-order valence-corrected chi connectivity index (χ2v) is 5.37. The molecule has 0 saturated heterocycles. The summed E-state index contributed by atoms with van der Waals surface area (Å²) in [5.74, 6) is 0. The van der Waals surface area contributed by atoms with E-state index in [1.165, 1.54) is 16.8 Å². The Hall–Kier alpha value is -1.32. The van der Waals surface area contributed by atoms with E-state index in [1.807, 2.05) is 36.9 Å². The molecule has 19 heavy (non-hydrogen) atoms. The van der Waals surface area contributed by atoms with Gasteiger partial charge in [-0.05, 0) is 38.5 Å². The Kier molecular flexibility index (Phi) is 4.27. The molecule has 3 nitrogen and oxygen atoms in total. The highest BCUT2D eigenvalue weighted by Crippen LogP contribution is 2.19. The van der Waals surface area contributed by atoms with E-state index in [4.69, 9.17) is 11.6 Å². The van der Waals surface area contributed by atoms with Gasteiger partial charge in [0.05, 0.1) is 5.69 Å². The van der Waals surface area contributed by atoms with Crippen molar-refractivity contribution in [2.75, 3.05) is 0 Å². The average molecular weight is 278 g/mol.